The third kappa shape index (κ3) is 4.28. The first-order chi connectivity index (χ1) is 14.0. The van der Waals surface area contributed by atoms with E-state index in [9.17, 15) is 13.2 Å². The lowest BCUT2D eigenvalue weighted by Gasteiger charge is -2.43. The van der Waals surface area contributed by atoms with Crippen molar-refractivity contribution in [2.45, 2.75) is 43.2 Å². The zero-order valence-electron chi connectivity index (χ0n) is 16.9. The summed E-state index contributed by atoms with van der Waals surface area (Å²) in [5, 5.41) is 2.93. The van der Waals surface area contributed by atoms with Crippen LogP contribution in [0.25, 0.3) is 0 Å². The molecule has 3 saturated heterocycles. The Kier molecular flexibility index (Phi) is 6.10. The van der Waals surface area contributed by atoms with Crippen molar-refractivity contribution in [3.05, 3.63) is 24.3 Å². The van der Waals surface area contributed by atoms with Gasteiger partial charge in [-0.2, -0.15) is 4.31 Å². The number of hydrogen-bond donors (Lipinski definition) is 1. The van der Waals surface area contributed by atoms with E-state index in [0.717, 1.165) is 32.5 Å². The largest absolute Gasteiger partial charge is 0.379 e. The number of piperazine rings is 1. The number of ether oxygens (including phenoxy) is 1. The average molecular weight is 423 g/mol. The normalized spacial score (nSPS) is 26.3. The summed E-state index contributed by atoms with van der Waals surface area (Å²) in [5.74, 6) is 0. The van der Waals surface area contributed by atoms with Gasteiger partial charge in [-0.15, -0.1) is 0 Å². The molecule has 2 amide bonds. The van der Waals surface area contributed by atoms with Gasteiger partial charge >= 0.3 is 6.03 Å². The zero-order chi connectivity index (χ0) is 20.4. The molecular weight excluding hydrogens is 392 g/mol. The summed E-state index contributed by atoms with van der Waals surface area (Å²) in [6.07, 6.45) is 3.23. The molecule has 0 saturated carbocycles. The van der Waals surface area contributed by atoms with E-state index < -0.39 is 10.0 Å². The van der Waals surface area contributed by atoms with Crippen LogP contribution in [0, 0.1) is 0 Å². The number of nitrogens with zero attached hydrogens (tertiary/aromatic N) is 3. The second kappa shape index (κ2) is 8.59. The van der Waals surface area contributed by atoms with Crippen LogP contribution in [-0.2, 0) is 14.8 Å². The van der Waals surface area contributed by atoms with Gasteiger partial charge in [0.2, 0.25) is 10.0 Å². The first-order valence-electron chi connectivity index (χ1n) is 10.5. The van der Waals surface area contributed by atoms with Gasteiger partial charge in [-0.1, -0.05) is 13.0 Å². The van der Waals surface area contributed by atoms with Crippen LogP contribution in [0.15, 0.2) is 29.2 Å². The van der Waals surface area contributed by atoms with Crippen LogP contribution in [0.2, 0.25) is 0 Å². The van der Waals surface area contributed by atoms with Crippen molar-refractivity contribution in [3.8, 4) is 0 Å². The van der Waals surface area contributed by atoms with E-state index in [0.29, 0.717) is 38.0 Å². The SMILES string of the molecule is CC[C@H]1CN2CCC[C@@H]2CN1C(=O)Nc1cccc(S(=O)(=O)N2CCOCC2)c1. The number of amides is 2. The van der Waals surface area contributed by atoms with E-state index in [-0.39, 0.29) is 17.0 Å². The number of benzene rings is 1. The summed E-state index contributed by atoms with van der Waals surface area (Å²) in [4.78, 5) is 17.6. The van der Waals surface area contributed by atoms with E-state index in [1.165, 1.54) is 10.7 Å². The maximum Gasteiger partial charge on any atom is 0.322 e. The highest BCUT2D eigenvalue weighted by Gasteiger charge is 2.37. The standard InChI is InChI=1S/C20H30N4O4S/c1-2-17-14-22-8-4-6-18(22)15-24(17)20(25)21-16-5-3-7-19(13-16)29(26,27)23-9-11-28-12-10-23/h3,5,7,13,17-18H,2,4,6,8-12,14-15H2,1H3,(H,21,25)/t17-,18+/m0/s1. The number of carbonyl (C=O) groups excluding carboxylic acids is 1. The monoisotopic (exact) mass is 422 g/mol. The van der Waals surface area contributed by atoms with E-state index in [1.807, 2.05) is 4.90 Å². The van der Waals surface area contributed by atoms with Crippen LogP contribution >= 0.6 is 0 Å². The molecule has 4 rings (SSSR count). The zero-order valence-corrected chi connectivity index (χ0v) is 17.7. The summed E-state index contributed by atoms with van der Waals surface area (Å²) < 4.78 is 32.5. The lowest BCUT2D eigenvalue weighted by atomic mass is 10.1. The molecule has 1 N–H and O–H groups in total. The summed E-state index contributed by atoms with van der Waals surface area (Å²) in [6.45, 7) is 6.39. The van der Waals surface area contributed by atoms with Crippen LogP contribution in [-0.4, -0.2) is 86.6 Å². The molecule has 3 fully saturated rings. The molecule has 0 aliphatic carbocycles. The summed E-state index contributed by atoms with van der Waals surface area (Å²) >= 11 is 0. The van der Waals surface area contributed by atoms with Gasteiger partial charge in [-0.25, -0.2) is 13.2 Å². The molecule has 9 heteroatoms. The minimum absolute atomic E-state index is 0.149. The maximum atomic E-state index is 13.0. The molecular formula is C20H30N4O4S. The summed E-state index contributed by atoms with van der Waals surface area (Å²) in [5.41, 5.74) is 0.507. The predicted molar refractivity (Wildman–Crippen MR) is 110 cm³/mol. The average Bonchev–Trinajstić information content (AvgIpc) is 3.21. The Hall–Kier alpha value is -1.68. The third-order valence-electron chi connectivity index (χ3n) is 6.22. The fourth-order valence-corrected chi connectivity index (χ4v) is 6.01. The molecule has 1 aromatic rings. The highest BCUT2D eigenvalue weighted by atomic mass is 32.2. The number of fused-ring (bicyclic) bond motifs is 1. The van der Waals surface area contributed by atoms with Gasteiger partial charge in [0.15, 0.2) is 0 Å². The van der Waals surface area contributed by atoms with Crippen molar-refractivity contribution in [3.63, 3.8) is 0 Å². The molecule has 3 aliphatic heterocycles. The Balaban J connectivity index is 1.48. The second-order valence-corrected chi connectivity index (χ2v) is 9.92. The van der Waals surface area contributed by atoms with E-state index in [2.05, 4.69) is 17.1 Å². The van der Waals surface area contributed by atoms with Crippen molar-refractivity contribution in [1.29, 1.82) is 0 Å². The molecule has 3 heterocycles. The van der Waals surface area contributed by atoms with Crippen molar-refractivity contribution in [2.24, 2.45) is 0 Å². The topological polar surface area (TPSA) is 82.2 Å². The van der Waals surface area contributed by atoms with Crippen LogP contribution in [0.1, 0.15) is 26.2 Å². The first-order valence-corrected chi connectivity index (χ1v) is 11.9. The number of nitrogens with one attached hydrogen (secondary N) is 1. The van der Waals surface area contributed by atoms with E-state index in [1.54, 1.807) is 24.3 Å². The lowest BCUT2D eigenvalue weighted by Crippen LogP contribution is -2.58. The molecule has 0 radical (unpaired) electrons. The van der Waals surface area contributed by atoms with Crippen LogP contribution in [0.4, 0.5) is 10.5 Å². The fourth-order valence-electron chi connectivity index (χ4n) is 4.55. The van der Waals surface area contributed by atoms with E-state index in [4.69, 9.17) is 4.74 Å². The Morgan fingerprint density at radius 1 is 1.21 bits per heavy atom. The molecule has 8 nitrogen and oxygen atoms in total. The van der Waals surface area contributed by atoms with Crippen LogP contribution in [0.5, 0.6) is 0 Å². The highest BCUT2D eigenvalue weighted by Crippen LogP contribution is 2.27. The number of carbonyl (C=O) groups is 1. The smallest absolute Gasteiger partial charge is 0.322 e. The molecule has 2 atom stereocenters. The Morgan fingerprint density at radius 3 is 2.76 bits per heavy atom. The fraction of sp³-hybridized carbons (Fsp3) is 0.650. The number of sulfonamides is 1. The van der Waals surface area contributed by atoms with Gasteiger partial charge in [0, 0.05) is 44.0 Å². The van der Waals surface area contributed by atoms with Crippen LogP contribution in [0.3, 0.4) is 0 Å². The van der Waals surface area contributed by atoms with Crippen LogP contribution < -0.4 is 5.32 Å². The number of morpholine rings is 1. The van der Waals surface area contributed by atoms with Crippen molar-refractivity contribution in [1.82, 2.24) is 14.1 Å². The molecule has 0 bridgehead atoms. The molecule has 160 valence electrons. The lowest BCUT2D eigenvalue weighted by molar-refractivity contribution is 0.0730. The number of rotatable bonds is 4. The Labute approximate surface area is 172 Å². The van der Waals surface area contributed by atoms with E-state index >= 15 is 0 Å². The molecule has 0 unspecified atom stereocenters. The van der Waals surface area contributed by atoms with Gasteiger partial charge in [0.25, 0.3) is 0 Å². The van der Waals surface area contributed by atoms with Gasteiger partial charge in [-0.05, 0) is 44.0 Å². The van der Waals surface area contributed by atoms with Crippen molar-refractivity contribution >= 4 is 21.7 Å². The second-order valence-electron chi connectivity index (χ2n) is 7.98. The Bertz CT molecular complexity index is 841. The van der Waals surface area contributed by atoms with Crippen molar-refractivity contribution < 1.29 is 17.9 Å². The van der Waals surface area contributed by atoms with Gasteiger partial charge < -0.3 is 15.0 Å². The van der Waals surface area contributed by atoms with Gasteiger partial charge in [0.1, 0.15) is 0 Å². The molecule has 3 aliphatic rings. The molecule has 0 spiro atoms. The third-order valence-corrected chi connectivity index (χ3v) is 8.11. The summed E-state index contributed by atoms with van der Waals surface area (Å²) in [6, 6.07) is 7.02. The van der Waals surface area contributed by atoms with Gasteiger partial charge in [0.05, 0.1) is 18.1 Å². The summed E-state index contributed by atoms with van der Waals surface area (Å²) in [7, 11) is -3.59. The Morgan fingerprint density at radius 2 is 2.00 bits per heavy atom. The molecule has 29 heavy (non-hydrogen) atoms. The molecule has 0 aromatic heterocycles. The quantitative estimate of drug-likeness (QED) is 0.800. The minimum atomic E-state index is -3.59. The van der Waals surface area contributed by atoms with Crippen molar-refractivity contribution in [2.75, 3.05) is 51.3 Å². The molecule has 1 aromatic carbocycles. The minimum Gasteiger partial charge on any atom is -0.379 e. The highest BCUT2D eigenvalue weighted by molar-refractivity contribution is 7.89. The number of anilines is 1. The maximum absolute atomic E-state index is 13.0. The predicted octanol–water partition coefficient (Wildman–Crippen LogP) is 1.80. The first kappa shape index (κ1) is 20.6. The number of hydrogen-bond acceptors (Lipinski definition) is 5. The number of urea groups is 1. The van der Waals surface area contributed by atoms with Gasteiger partial charge in [-0.3, -0.25) is 4.90 Å².